The average Bonchev–Trinajstić information content (AvgIpc) is 3.54. The van der Waals surface area contributed by atoms with Crippen molar-refractivity contribution >= 4 is 11.6 Å². The summed E-state index contributed by atoms with van der Waals surface area (Å²) in [4.78, 5) is 28.0. The molecule has 1 aliphatic rings. The summed E-state index contributed by atoms with van der Waals surface area (Å²) in [6, 6.07) is 9.10. The number of pyridine rings is 1. The molecule has 0 saturated heterocycles. The highest BCUT2D eigenvalue weighted by Crippen LogP contribution is 2.24. The Labute approximate surface area is 211 Å². The molecule has 0 saturated carbocycles. The Hall–Kier alpha value is -4.74. The first-order valence-corrected chi connectivity index (χ1v) is 11.9. The van der Waals surface area contributed by atoms with Crippen LogP contribution in [-0.2, 0) is 25.8 Å². The standard InChI is InChI=1S/C25H23N9O3/c1-15-12-20(32-37-15)24-30-29-23-13-21(36-2)19(31-34(23)24)7-5-16-4-6-17-18(28-16)8-11-33(25(17)35)14-22-26-9-3-10-27-22/h3-4,6,9-10,12-13H,5,7-8,11,14H2,1-2H3. The van der Waals surface area contributed by atoms with Crippen molar-refractivity contribution in [3.05, 3.63) is 77.0 Å². The Balaban J connectivity index is 1.21. The summed E-state index contributed by atoms with van der Waals surface area (Å²) in [6.07, 6.45) is 5.24. The van der Waals surface area contributed by atoms with Crippen molar-refractivity contribution in [1.82, 2.24) is 44.8 Å². The molecule has 6 rings (SSSR count). The molecule has 6 heterocycles. The van der Waals surface area contributed by atoms with Crippen molar-refractivity contribution in [2.45, 2.75) is 32.7 Å². The van der Waals surface area contributed by atoms with Crippen LogP contribution in [0.3, 0.4) is 0 Å². The maximum absolute atomic E-state index is 13.0. The van der Waals surface area contributed by atoms with E-state index in [2.05, 4.69) is 25.3 Å². The minimum Gasteiger partial charge on any atom is -0.495 e. The largest absolute Gasteiger partial charge is 0.495 e. The Morgan fingerprint density at radius 3 is 2.76 bits per heavy atom. The third-order valence-electron chi connectivity index (χ3n) is 6.24. The monoisotopic (exact) mass is 497 g/mol. The molecule has 12 heteroatoms. The van der Waals surface area contributed by atoms with Crippen LogP contribution in [0.25, 0.3) is 17.2 Å². The number of ether oxygens (including phenoxy) is 1. The second-order valence-electron chi connectivity index (χ2n) is 8.71. The molecule has 0 fully saturated rings. The van der Waals surface area contributed by atoms with Gasteiger partial charge < -0.3 is 14.2 Å². The summed E-state index contributed by atoms with van der Waals surface area (Å²) in [6.45, 7) is 2.77. The summed E-state index contributed by atoms with van der Waals surface area (Å²) >= 11 is 0. The molecule has 37 heavy (non-hydrogen) atoms. The molecule has 0 N–H and O–H groups in total. The van der Waals surface area contributed by atoms with Crippen LogP contribution >= 0.6 is 0 Å². The summed E-state index contributed by atoms with van der Waals surface area (Å²) < 4.78 is 12.4. The maximum Gasteiger partial charge on any atom is 0.256 e. The van der Waals surface area contributed by atoms with Crippen LogP contribution in [0.1, 0.15) is 39.0 Å². The third kappa shape index (κ3) is 4.37. The second kappa shape index (κ2) is 9.37. The molecular formula is C25H23N9O3. The number of aromatic nitrogens is 8. The number of rotatable bonds is 7. The van der Waals surface area contributed by atoms with E-state index in [0.717, 1.165) is 17.1 Å². The summed E-state index contributed by atoms with van der Waals surface area (Å²) in [5.41, 5.74) is 4.16. The molecule has 0 atom stereocenters. The van der Waals surface area contributed by atoms with E-state index >= 15 is 0 Å². The molecule has 1 amide bonds. The van der Waals surface area contributed by atoms with Gasteiger partial charge in [-0.15, -0.1) is 10.2 Å². The normalized spacial score (nSPS) is 13.2. The van der Waals surface area contributed by atoms with E-state index in [0.29, 0.717) is 72.4 Å². The van der Waals surface area contributed by atoms with Crippen molar-refractivity contribution in [3.8, 4) is 17.3 Å². The van der Waals surface area contributed by atoms with Crippen LogP contribution < -0.4 is 4.74 Å². The van der Waals surface area contributed by atoms with Gasteiger partial charge in [-0.1, -0.05) is 5.16 Å². The van der Waals surface area contributed by atoms with E-state index in [4.69, 9.17) is 19.3 Å². The van der Waals surface area contributed by atoms with Gasteiger partial charge in [-0.25, -0.2) is 9.97 Å². The zero-order valence-electron chi connectivity index (χ0n) is 20.3. The number of carbonyl (C=O) groups excluding carboxylic acids is 1. The van der Waals surface area contributed by atoms with Gasteiger partial charge in [0.1, 0.15) is 23.0 Å². The SMILES string of the molecule is COc1cc2nnc(-c3cc(C)on3)n2nc1CCc1ccc2c(n1)CCN(Cc1ncccn1)C2=O. The molecule has 5 aromatic heterocycles. The van der Waals surface area contributed by atoms with Crippen LogP contribution in [0.4, 0.5) is 0 Å². The number of aryl methyl sites for hydroxylation is 3. The van der Waals surface area contributed by atoms with Crippen LogP contribution in [0.15, 0.2) is 47.2 Å². The smallest absolute Gasteiger partial charge is 0.256 e. The Morgan fingerprint density at radius 1 is 1.11 bits per heavy atom. The Morgan fingerprint density at radius 2 is 1.97 bits per heavy atom. The predicted molar refractivity (Wildman–Crippen MR) is 130 cm³/mol. The van der Waals surface area contributed by atoms with Crippen molar-refractivity contribution in [3.63, 3.8) is 0 Å². The number of amides is 1. The molecule has 0 bridgehead atoms. The van der Waals surface area contributed by atoms with Gasteiger partial charge in [0.15, 0.2) is 11.3 Å². The lowest BCUT2D eigenvalue weighted by atomic mass is 10.0. The van der Waals surface area contributed by atoms with E-state index < -0.39 is 0 Å². The first kappa shape index (κ1) is 22.7. The van der Waals surface area contributed by atoms with Gasteiger partial charge in [0.05, 0.1) is 24.9 Å². The lowest BCUT2D eigenvalue weighted by molar-refractivity contribution is 0.0720. The number of hydrogen-bond donors (Lipinski definition) is 0. The highest BCUT2D eigenvalue weighted by atomic mass is 16.5. The molecule has 0 spiro atoms. The zero-order chi connectivity index (χ0) is 25.4. The van der Waals surface area contributed by atoms with Gasteiger partial charge in [-0.05, 0) is 31.5 Å². The van der Waals surface area contributed by atoms with Crippen molar-refractivity contribution < 1.29 is 14.1 Å². The number of carbonyl (C=O) groups is 1. The van der Waals surface area contributed by atoms with E-state index in [1.165, 1.54) is 0 Å². The van der Waals surface area contributed by atoms with Gasteiger partial charge in [-0.2, -0.15) is 9.61 Å². The maximum atomic E-state index is 13.0. The minimum atomic E-state index is -0.0511. The summed E-state index contributed by atoms with van der Waals surface area (Å²) in [5, 5.41) is 17.2. The minimum absolute atomic E-state index is 0.0511. The molecule has 0 unspecified atom stereocenters. The van der Waals surface area contributed by atoms with Crippen LogP contribution in [0.2, 0.25) is 0 Å². The van der Waals surface area contributed by atoms with Crippen molar-refractivity contribution in [2.75, 3.05) is 13.7 Å². The van der Waals surface area contributed by atoms with Gasteiger partial charge in [-0.3, -0.25) is 9.78 Å². The average molecular weight is 498 g/mol. The number of fused-ring (bicyclic) bond motifs is 2. The fourth-order valence-electron chi connectivity index (χ4n) is 4.40. The quantitative estimate of drug-likeness (QED) is 0.329. The topological polar surface area (TPSA) is 137 Å². The molecule has 12 nitrogen and oxygen atoms in total. The van der Waals surface area contributed by atoms with Gasteiger partial charge >= 0.3 is 0 Å². The fourth-order valence-corrected chi connectivity index (χ4v) is 4.40. The number of methoxy groups -OCH3 is 1. The highest BCUT2D eigenvalue weighted by Gasteiger charge is 2.26. The molecule has 0 aromatic carbocycles. The van der Waals surface area contributed by atoms with Gasteiger partial charge in [0.25, 0.3) is 5.91 Å². The Kier molecular flexibility index (Phi) is 5.75. The molecule has 186 valence electrons. The number of hydrogen-bond acceptors (Lipinski definition) is 10. The molecule has 0 aliphatic carbocycles. The number of nitrogens with zero attached hydrogens (tertiary/aromatic N) is 9. The van der Waals surface area contributed by atoms with Gasteiger partial charge in [0, 0.05) is 49.6 Å². The van der Waals surface area contributed by atoms with Crippen LogP contribution in [-0.4, -0.2) is 64.4 Å². The first-order chi connectivity index (χ1) is 18.1. The lowest BCUT2D eigenvalue weighted by Crippen LogP contribution is -2.38. The molecule has 5 aromatic rings. The fraction of sp³-hybridized carbons (Fsp3) is 0.280. The molecule has 0 radical (unpaired) electrons. The summed E-state index contributed by atoms with van der Waals surface area (Å²) in [7, 11) is 1.60. The third-order valence-corrected chi connectivity index (χ3v) is 6.24. The lowest BCUT2D eigenvalue weighted by Gasteiger charge is -2.27. The predicted octanol–water partition coefficient (Wildman–Crippen LogP) is 2.27. The highest BCUT2D eigenvalue weighted by molar-refractivity contribution is 5.96. The summed E-state index contributed by atoms with van der Waals surface area (Å²) in [5.74, 6) is 2.36. The van der Waals surface area contributed by atoms with E-state index in [1.54, 1.807) is 47.1 Å². The van der Waals surface area contributed by atoms with Crippen molar-refractivity contribution in [2.24, 2.45) is 0 Å². The van der Waals surface area contributed by atoms with E-state index in [1.807, 2.05) is 19.1 Å². The zero-order valence-corrected chi connectivity index (χ0v) is 20.3. The van der Waals surface area contributed by atoms with Gasteiger partial charge in [0.2, 0.25) is 5.82 Å². The first-order valence-electron chi connectivity index (χ1n) is 11.9. The van der Waals surface area contributed by atoms with Crippen molar-refractivity contribution in [1.29, 1.82) is 0 Å². The van der Waals surface area contributed by atoms with E-state index in [-0.39, 0.29) is 5.91 Å². The van der Waals surface area contributed by atoms with Crippen LogP contribution in [0.5, 0.6) is 5.75 Å². The molecular weight excluding hydrogens is 474 g/mol. The van der Waals surface area contributed by atoms with Crippen LogP contribution in [0, 0.1) is 6.92 Å². The van der Waals surface area contributed by atoms with E-state index in [9.17, 15) is 4.79 Å². The second-order valence-corrected chi connectivity index (χ2v) is 8.71. The molecule has 1 aliphatic heterocycles. The Bertz CT molecular complexity index is 1600.